The second-order valence-corrected chi connectivity index (χ2v) is 7.87. The zero-order valence-corrected chi connectivity index (χ0v) is 16.9. The molecule has 6 heteroatoms. The van der Waals surface area contributed by atoms with Crippen molar-refractivity contribution in [3.05, 3.63) is 83.4 Å². The first-order valence-electron chi connectivity index (χ1n) is 9.36. The third-order valence-corrected chi connectivity index (χ3v) is 5.89. The standard InChI is InChI=1S/C23H22N4OS/c1-15-10-11-18-19(12-15)26-23(27-22(18)24)25-13-16-6-2-4-8-20(16)29-21-9-5-3-7-17(21)14-28/h2-12,28H,13-14H2,1H3,(H3,24,25,26,27). The lowest BCUT2D eigenvalue weighted by molar-refractivity contribution is 0.279. The molecule has 0 radical (unpaired) electrons. The summed E-state index contributed by atoms with van der Waals surface area (Å²) in [6, 6.07) is 22.0. The Labute approximate surface area is 174 Å². The van der Waals surface area contributed by atoms with E-state index in [9.17, 15) is 5.11 Å². The summed E-state index contributed by atoms with van der Waals surface area (Å²) in [5, 5.41) is 13.8. The number of aliphatic hydroxyl groups is 1. The van der Waals surface area contributed by atoms with E-state index in [0.29, 0.717) is 18.3 Å². The van der Waals surface area contributed by atoms with Crippen LogP contribution in [-0.4, -0.2) is 15.1 Å². The molecule has 0 saturated carbocycles. The number of nitrogen functional groups attached to an aromatic ring is 1. The minimum absolute atomic E-state index is 0.0210. The normalized spacial score (nSPS) is 11.0. The highest BCUT2D eigenvalue weighted by Gasteiger charge is 2.09. The maximum atomic E-state index is 9.60. The van der Waals surface area contributed by atoms with Crippen LogP contribution in [0.15, 0.2) is 76.5 Å². The van der Waals surface area contributed by atoms with Gasteiger partial charge in [0, 0.05) is 21.7 Å². The van der Waals surface area contributed by atoms with Crippen molar-refractivity contribution < 1.29 is 5.11 Å². The van der Waals surface area contributed by atoms with E-state index < -0.39 is 0 Å². The predicted molar refractivity (Wildman–Crippen MR) is 119 cm³/mol. The first-order chi connectivity index (χ1) is 14.1. The fraction of sp³-hybridized carbons (Fsp3) is 0.130. The largest absolute Gasteiger partial charge is 0.392 e. The molecule has 29 heavy (non-hydrogen) atoms. The smallest absolute Gasteiger partial charge is 0.225 e. The van der Waals surface area contributed by atoms with Crippen molar-refractivity contribution in [3.8, 4) is 0 Å². The van der Waals surface area contributed by atoms with Crippen LogP contribution in [-0.2, 0) is 13.2 Å². The summed E-state index contributed by atoms with van der Waals surface area (Å²) >= 11 is 1.64. The molecule has 0 aliphatic carbocycles. The van der Waals surface area contributed by atoms with Gasteiger partial charge in [-0.2, -0.15) is 4.98 Å². The number of fused-ring (bicyclic) bond motifs is 1. The van der Waals surface area contributed by atoms with E-state index in [1.807, 2.05) is 61.5 Å². The molecule has 0 saturated heterocycles. The molecule has 1 aromatic heterocycles. The lowest BCUT2D eigenvalue weighted by Gasteiger charge is -2.13. The van der Waals surface area contributed by atoms with E-state index in [1.165, 1.54) is 0 Å². The zero-order valence-electron chi connectivity index (χ0n) is 16.1. The van der Waals surface area contributed by atoms with Gasteiger partial charge in [0.05, 0.1) is 12.1 Å². The van der Waals surface area contributed by atoms with Crippen molar-refractivity contribution in [2.45, 2.75) is 29.9 Å². The van der Waals surface area contributed by atoms with Crippen molar-refractivity contribution >= 4 is 34.4 Å². The Morgan fingerprint density at radius 1 is 0.931 bits per heavy atom. The molecule has 0 aliphatic rings. The van der Waals surface area contributed by atoms with E-state index in [4.69, 9.17) is 5.73 Å². The summed E-state index contributed by atoms with van der Waals surface area (Å²) in [5.41, 5.74) is 10.1. The summed E-state index contributed by atoms with van der Waals surface area (Å²) in [6.45, 7) is 2.62. The molecule has 3 aromatic carbocycles. The quantitative estimate of drug-likeness (QED) is 0.431. The van der Waals surface area contributed by atoms with Crippen LogP contribution in [0.4, 0.5) is 11.8 Å². The van der Waals surface area contributed by atoms with Crippen molar-refractivity contribution in [2.75, 3.05) is 11.1 Å². The number of hydrogen-bond acceptors (Lipinski definition) is 6. The number of aromatic nitrogens is 2. The number of benzene rings is 3. The third kappa shape index (κ3) is 4.34. The lowest BCUT2D eigenvalue weighted by atomic mass is 10.1. The van der Waals surface area contributed by atoms with Gasteiger partial charge in [0.1, 0.15) is 5.82 Å². The number of rotatable bonds is 6. The highest BCUT2D eigenvalue weighted by molar-refractivity contribution is 7.99. The summed E-state index contributed by atoms with van der Waals surface area (Å²) in [4.78, 5) is 11.2. The van der Waals surface area contributed by atoms with Gasteiger partial charge in [0.2, 0.25) is 5.95 Å². The molecule has 4 N–H and O–H groups in total. The van der Waals surface area contributed by atoms with Crippen LogP contribution in [0.3, 0.4) is 0 Å². The minimum Gasteiger partial charge on any atom is -0.392 e. The molecule has 4 aromatic rings. The number of anilines is 2. The lowest BCUT2D eigenvalue weighted by Crippen LogP contribution is -2.06. The zero-order chi connectivity index (χ0) is 20.2. The van der Waals surface area contributed by atoms with Gasteiger partial charge in [-0.05, 0) is 47.9 Å². The Morgan fingerprint density at radius 3 is 2.38 bits per heavy atom. The minimum atomic E-state index is 0.0210. The first-order valence-corrected chi connectivity index (χ1v) is 10.2. The predicted octanol–water partition coefficient (Wildman–Crippen LogP) is 4.78. The van der Waals surface area contributed by atoms with Crippen molar-refractivity contribution in [2.24, 2.45) is 0 Å². The van der Waals surface area contributed by atoms with Gasteiger partial charge in [0.25, 0.3) is 0 Å². The maximum Gasteiger partial charge on any atom is 0.225 e. The molecule has 4 rings (SSSR count). The van der Waals surface area contributed by atoms with Crippen LogP contribution >= 0.6 is 11.8 Å². The second-order valence-electron chi connectivity index (χ2n) is 6.78. The van der Waals surface area contributed by atoms with Gasteiger partial charge in [-0.25, -0.2) is 4.98 Å². The number of aryl methyl sites for hydroxylation is 1. The number of aliphatic hydroxyl groups excluding tert-OH is 1. The monoisotopic (exact) mass is 402 g/mol. The average Bonchev–Trinajstić information content (AvgIpc) is 2.73. The summed E-state index contributed by atoms with van der Waals surface area (Å²) < 4.78 is 0. The molecular formula is C23H22N4OS. The van der Waals surface area contributed by atoms with E-state index in [1.54, 1.807) is 11.8 Å². The van der Waals surface area contributed by atoms with E-state index in [-0.39, 0.29) is 6.61 Å². The molecule has 0 bridgehead atoms. The molecule has 0 unspecified atom stereocenters. The highest BCUT2D eigenvalue weighted by Crippen LogP contribution is 2.33. The van der Waals surface area contributed by atoms with Gasteiger partial charge >= 0.3 is 0 Å². The van der Waals surface area contributed by atoms with Gasteiger partial charge < -0.3 is 16.2 Å². The molecule has 0 amide bonds. The molecule has 0 aliphatic heterocycles. The molecule has 0 atom stereocenters. The summed E-state index contributed by atoms with van der Waals surface area (Å²) in [7, 11) is 0. The molecule has 0 spiro atoms. The Kier molecular flexibility index (Phi) is 5.64. The maximum absolute atomic E-state index is 9.60. The van der Waals surface area contributed by atoms with Crippen LogP contribution in [0.25, 0.3) is 10.9 Å². The van der Waals surface area contributed by atoms with Crippen molar-refractivity contribution in [1.82, 2.24) is 9.97 Å². The first kappa shape index (κ1) is 19.2. The Morgan fingerprint density at radius 2 is 1.62 bits per heavy atom. The van der Waals surface area contributed by atoms with Crippen LogP contribution in [0.2, 0.25) is 0 Å². The van der Waals surface area contributed by atoms with Gasteiger partial charge in [-0.1, -0.05) is 54.2 Å². The Hall–Kier alpha value is -3.09. The highest BCUT2D eigenvalue weighted by atomic mass is 32.2. The van der Waals surface area contributed by atoms with Crippen molar-refractivity contribution in [1.29, 1.82) is 0 Å². The fourth-order valence-corrected chi connectivity index (χ4v) is 4.18. The van der Waals surface area contributed by atoms with E-state index in [0.717, 1.165) is 37.4 Å². The van der Waals surface area contributed by atoms with Crippen LogP contribution < -0.4 is 11.1 Å². The number of nitrogens with zero attached hydrogens (tertiary/aromatic N) is 2. The molecule has 5 nitrogen and oxygen atoms in total. The van der Waals surface area contributed by atoms with Crippen molar-refractivity contribution in [3.63, 3.8) is 0 Å². The molecule has 1 heterocycles. The van der Waals surface area contributed by atoms with E-state index in [2.05, 4.69) is 27.4 Å². The van der Waals surface area contributed by atoms with Crippen LogP contribution in [0, 0.1) is 6.92 Å². The van der Waals surface area contributed by atoms with Gasteiger partial charge in [0.15, 0.2) is 0 Å². The summed E-state index contributed by atoms with van der Waals surface area (Å²) in [5.74, 6) is 0.980. The van der Waals surface area contributed by atoms with Crippen LogP contribution in [0.1, 0.15) is 16.7 Å². The summed E-state index contributed by atoms with van der Waals surface area (Å²) in [6.07, 6.45) is 0. The molecule has 0 fully saturated rings. The fourth-order valence-electron chi connectivity index (χ4n) is 3.12. The van der Waals surface area contributed by atoms with E-state index >= 15 is 0 Å². The number of nitrogens with two attached hydrogens (primary N) is 1. The van der Waals surface area contributed by atoms with Crippen LogP contribution in [0.5, 0.6) is 0 Å². The average molecular weight is 403 g/mol. The topological polar surface area (TPSA) is 84.1 Å². The Balaban J connectivity index is 1.57. The number of hydrogen-bond donors (Lipinski definition) is 3. The van der Waals surface area contributed by atoms with Gasteiger partial charge in [-0.3, -0.25) is 0 Å². The van der Waals surface area contributed by atoms with Gasteiger partial charge in [-0.15, -0.1) is 0 Å². The SMILES string of the molecule is Cc1ccc2c(N)nc(NCc3ccccc3Sc3ccccc3CO)nc2c1. The Bertz CT molecular complexity index is 1160. The number of nitrogens with one attached hydrogen (secondary N) is 1. The molecule has 146 valence electrons. The third-order valence-electron chi connectivity index (χ3n) is 4.65. The molecular weight excluding hydrogens is 380 g/mol. The second kappa shape index (κ2) is 8.51.